The number of morpholine rings is 2. The first-order valence-electron chi connectivity index (χ1n) is 11.7. The van der Waals surface area contributed by atoms with Gasteiger partial charge >= 0.3 is 6.09 Å². The molecule has 0 spiro atoms. The molecule has 0 aliphatic carbocycles. The Kier molecular flexibility index (Phi) is 8.57. The van der Waals surface area contributed by atoms with Crippen LogP contribution in [0.1, 0.15) is 38.3 Å². The van der Waals surface area contributed by atoms with E-state index in [0.717, 1.165) is 12.0 Å². The van der Waals surface area contributed by atoms with Crippen LogP contribution in [0.15, 0.2) is 24.3 Å². The number of hydrogen-bond acceptors (Lipinski definition) is 7. The summed E-state index contributed by atoms with van der Waals surface area (Å²) in [6.07, 6.45) is 2.18. The second kappa shape index (κ2) is 11.0. The Bertz CT molecular complexity index is 970. The van der Waals surface area contributed by atoms with Crippen LogP contribution < -0.4 is 0 Å². The molecule has 2 atom stereocenters. The van der Waals surface area contributed by atoms with Crippen LogP contribution in [0.25, 0.3) is 0 Å². The van der Waals surface area contributed by atoms with Crippen molar-refractivity contribution in [2.75, 3.05) is 52.1 Å². The van der Waals surface area contributed by atoms with Gasteiger partial charge in [-0.05, 0) is 51.3 Å². The first-order chi connectivity index (χ1) is 15.9. The standard InChI is InChI=1S/C24H36N4O5S/c1-24(2,3)33-23(29)27-17-21-15-26(16-22(18-27)32-21)12-13-28(34(4,30)31)11-5-6-19-7-9-20(14-25)10-8-19/h7-10,21-22H,5-6,11-13,15-18H2,1-4H3. The third kappa shape index (κ3) is 7.94. The number of hydrogen-bond donors (Lipinski definition) is 0. The molecule has 2 unspecified atom stereocenters. The Morgan fingerprint density at radius 3 is 2.29 bits per heavy atom. The quantitative estimate of drug-likeness (QED) is 0.547. The van der Waals surface area contributed by atoms with E-state index in [-0.39, 0.29) is 18.3 Å². The molecule has 0 N–H and O–H groups in total. The summed E-state index contributed by atoms with van der Waals surface area (Å²) < 4.78 is 37.8. The number of ether oxygens (including phenoxy) is 2. The fourth-order valence-corrected chi connectivity index (χ4v) is 5.21. The zero-order valence-corrected chi connectivity index (χ0v) is 21.4. The molecule has 0 aromatic heterocycles. The molecule has 2 saturated heterocycles. The van der Waals surface area contributed by atoms with Gasteiger partial charge < -0.3 is 14.4 Å². The number of carbonyl (C=O) groups excluding carboxylic acids is 1. The lowest BCUT2D eigenvalue weighted by molar-refractivity contribution is -0.136. The minimum absolute atomic E-state index is 0.108. The predicted octanol–water partition coefficient (Wildman–Crippen LogP) is 2.07. The molecule has 1 aromatic rings. The number of fused-ring (bicyclic) bond motifs is 2. The largest absolute Gasteiger partial charge is 0.444 e. The normalized spacial score (nSPS) is 21.4. The van der Waals surface area contributed by atoms with E-state index in [1.54, 1.807) is 17.0 Å². The van der Waals surface area contributed by atoms with Crippen LogP contribution in [0.2, 0.25) is 0 Å². The highest BCUT2D eigenvalue weighted by atomic mass is 32.2. The molecular formula is C24H36N4O5S. The van der Waals surface area contributed by atoms with Gasteiger partial charge in [-0.1, -0.05) is 12.1 Å². The van der Waals surface area contributed by atoms with E-state index in [1.165, 1.54) is 10.6 Å². The number of amides is 1. The van der Waals surface area contributed by atoms with E-state index in [4.69, 9.17) is 14.7 Å². The Hall–Kier alpha value is -2.19. The average molecular weight is 493 g/mol. The van der Waals surface area contributed by atoms with E-state index < -0.39 is 15.6 Å². The zero-order valence-electron chi connectivity index (χ0n) is 20.6. The number of nitriles is 1. The second-order valence-electron chi connectivity index (χ2n) is 10.1. The number of aryl methyl sites for hydroxylation is 1. The van der Waals surface area contributed by atoms with Gasteiger partial charge in [-0.25, -0.2) is 17.5 Å². The van der Waals surface area contributed by atoms with Gasteiger partial charge in [0.15, 0.2) is 0 Å². The summed E-state index contributed by atoms with van der Waals surface area (Å²) in [4.78, 5) is 16.4. The minimum Gasteiger partial charge on any atom is -0.444 e. The Balaban J connectivity index is 1.48. The van der Waals surface area contributed by atoms with Crippen LogP contribution in [-0.4, -0.2) is 98.5 Å². The fraction of sp³-hybridized carbons (Fsp3) is 0.667. The lowest BCUT2D eigenvalue weighted by atomic mass is 10.1. The Morgan fingerprint density at radius 2 is 1.76 bits per heavy atom. The monoisotopic (exact) mass is 492 g/mol. The number of carbonyl (C=O) groups is 1. The van der Waals surface area contributed by atoms with Crippen LogP contribution >= 0.6 is 0 Å². The Morgan fingerprint density at radius 1 is 1.15 bits per heavy atom. The molecule has 1 amide bonds. The highest BCUT2D eigenvalue weighted by Gasteiger charge is 2.38. The molecule has 3 rings (SSSR count). The van der Waals surface area contributed by atoms with Gasteiger partial charge in [-0.3, -0.25) is 4.90 Å². The highest BCUT2D eigenvalue weighted by Crippen LogP contribution is 2.21. The van der Waals surface area contributed by atoms with Gasteiger partial charge in [-0.2, -0.15) is 5.26 Å². The van der Waals surface area contributed by atoms with Crippen molar-refractivity contribution in [3.63, 3.8) is 0 Å². The van der Waals surface area contributed by atoms with E-state index >= 15 is 0 Å². The van der Waals surface area contributed by atoms with Crippen molar-refractivity contribution in [2.45, 2.75) is 51.4 Å². The maximum atomic E-state index is 12.4. The summed E-state index contributed by atoms with van der Waals surface area (Å²) in [6.45, 7) is 9.29. The third-order valence-corrected chi connectivity index (χ3v) is 7.20. The van der Waals surface area contributed by atoms with E-state index in [1.807, 2.05) is 32.9 Å². The van der Waals surface area contributed by atoms with Crippen LogP contribution in [-0.2, 0) is 25.9 Å². The number of benzene rings is 1. The molecule has 0 radical (unpaired) electrons. The zero-order chi connectivity index (χ0) is 24.9. The Labute approximate surface area is 203 Å². The lowest BCUT2D eigenvalue weighted by Crippen LogP contribution is -2.61. The predicted molar refractivity (Wildman–Crippen MR) is 129 cm³/mol. The van der Waals surface area contributed by atoms with Crippen molar-refractivity contribution in [3.05, 3.63) is 35.4 Å². The van der Waals surface area contributed by atoms with Crippen molar-refractivity contribution < 1.29 is 22.7 Å². The van der Waals surface area contributed by atoms with Crippen LogP contribution in [0.5, 0.6) is 0 Å². The molecule has 2 aliphatic rings. The molecule has 1 aromatic carbocycles. The maximum absolute atomic E-state index is 12.4. The first kappa shape index (κ1) is 26.4. The fourth-order valence-electron chi connectivity index (χ4n) is 4.34. The summed E-state index contributed by atoms with van der Waals surface area (Å²) >= 11 is 0. The third-order valence-electron chi connectivity index (χ3n) is 5.90. The summed E-state index contributed by atoms with van der Waals surface area (Å²) in [5.74, 6) is 0. The first-order valence-corrected chi connectivity index (χ1v) is 13.6. The molecule has 34 heavy (non-hydrogen) atoms. The number of nitrogens with zero attached hydrogens (tertiary/aromatic N) is 4. The van der Waals surface area contributed by atoms with E-state index in [2.05, 4.69) is 11.0 Å². The van der Waals surface area contributed by atoms with Gasteiger partial charge in [0.05, 0.1) is 43.2 Å². The van der Waals surface area contributed by atoms with Crippen LogP contribution in [0.4, 0.5) is 4.79 Å². The molecule has 2 fully saturated rings. The number of sulfonamides is 1. The van der Waals surface area contributed by atoms with Crippen molar-refractivity contribution in [1.29, 1.82) is 5.26 Å². The van der Waals surface area contributed by atoms with E-state index in [0.29, 0.717) is 57.8 Å². The van der Waals surface area contributed by atoms with Crippen molar-refractivity contribution >= 4 is 16.1 Å². The molecule has 9 nitrogen and oxygen atoms in total. The summed E-state index contributed by atoms with van der Waals surface area (Å²) in [5, 5.41) is 8.91. The molecule has 2 aliphatic heterocycles. The summed E-state index contributed by atoms with van der Waals surface area (Å²) in [7, 11) is -3.32. The molecule has 188 valence electrons. The van der Waals surface area contributed by atoms with Crippen molar-refractivity contribution in [2.24, 2.45) is 0 Å². The molecule has 2 bridgehead atoms. The smallest absolute Gasteiger partial charge is 0.410 e. The SMILES string of the molecule is CC(C)(C)OC(=O)N1CC2CN(CCN(CCCc3ccc(C#N)cc3)S(C)(=O)=O)CC(C1)O2. The number of rotatable bonds is 8. The van der Waals surface area contributed by atoms with Crippen LogP contribution in [0, 0.1) is 11.3 Å². The summed E-state index contributed by atoms with van der Waals surface area (Å²) in [5.41, 5.74) is 1.17. The molecule has 10 heteroatoms. The van der Waals surface area contributed by atoms with Gasteiger partial charge in [0, 0.05) is 32.7 Å². The van der Waals surface area contributed by atoms with Gasteiger partial charge in [0.2, 0.25) is 10.0 Å². The maximum Gasteiger partial charge on any atom is 0.410 e. The summed E-state index contributed by atoms with van der Waals surface area (Å²) in [6, 6.07) is 9.49. The molecule has 0 saturated carbocycles. The van der Waals surface area contributed by atoms with Crippen molar-refractivity contribution in [3.8, 4) is 6.07 Å². The van der Waals surface area contributed by atoms with E-state index in [9.17, 15) is 13.2 Å². The van der Waals surface area contributed by atoms with Gasteiger partial charge in [0.25, 0.3) is 0 Å². The molecule has 2 heterocycles. The lowest BCUT2D eigenvalue weighted by Gasteiger charge is -2.46. The minimum atomic E-state index is -3.32. The second-order valence-corrected chi connectivity index (χ2v) is 12.1. The van der Waals surface area contributed by atoms with Crippen molar-refractivity contribution in [1.82, 2.24) is 14.1 Å². The molecular weight excluding hydrogens is 456 g/mol. The highest BCUT2D eigenvalue weighted by molar-refractivity contribution is 7.88. The average Bonchev–Trinajstić information content (AvgIpc) is 2.73. The van der Waals surface area contributed by atoms with Crippen LogP contribution in [0.3, 0.4) is 0 Å². The van der Waals surface area contributed by atoms with Gasteiger partial charge in [0.1, 0.15) is 5.60 Å². The topological polar surface area (TPSA) is 103 Å². The van der Waals surface area contributed by atoms with Gasteiger partial charge in [-0.15, -0.1) is 0 Å².